The third-order valence-electron chi connectivity index (χ3n) is 1.66. The molecule has 0 saturated heterocycles. The Hall–Kier alpha value is -0.810. The van der Waals surface area contributed by atoms with Crippen LogP contribution in [0.3, 0.4) is 0 Å². The molecule has 0 spiro atoms. The SMILES string of the molecule is CC(C)NC(=O)CNCc1ccc(Br)o1. The van der Waals surface area contributed by atoms with Crippen molar-refractivity contribution < 1.29 is 9.21 Å². The van der Waals surface area contributed by atoms with Crippen LogP contribution in [0.2, 0.25) is 0 Å². The molecule has 2 N–H and O–H groups in total. The Morgan fingerprint density at radius 3 is 2.80 bits per heavy atom. The third kappa shape index (κ3) is 4.99. The molecule has 15 heavy (non-hydrogen) atoms. The van der Waals surface area contributed by atoms with Crippen LogP contribution in [0.5, 0.6) is 0 Å². The zero-order chi connectivity index (χ0) is 11.3. The maximum atomic E-state index is 11.2. The molecule has 84 valence electrons. The summed E-state index contributed by atoms with van der Waals surface area (Å²) in [5.41, 5.74) is 0. The Bertz CT molecular complexity index is 323. The van der Waals surface area contributed by atoms with E-state index in [-0.39, 0.29) is 11.9 Å². The van der Waals surface area contributed by atoms with Crippen LogP contribution in [0.1, 0.15) is 19.6 Å². The molecule has 4 nitrogen and oxygen atoms in total. The molecule has 0 saturated carbocycles. The van der Waals surface area contributed by atoms with E-state index in [2.05, 4.69) is 26.6 Å². The van der Waals surface area contributed by atoms with Crippen LogP contribution in [0.4, 0.5) is 0 Å². The summed E-state index contributed by atoms with van der Waals surface area (Å²) in [5, 5.41) is 5.79. The molecule has 0 aromatic carbocycles. The van der Waals surface area contributed by atoms with Crippen LogP contribution in [0, 0.1) is 0 Å². The summed E-state index contributed by atoms with van der Waals surface area (Å²) in [6, 6.07) is 3.86. The summed E-state index contributed by atoms with van der Waals surface area (Å²) in [6.45, 7) is 4.72. The second-order valence-corrected chi connectivity index (χ2v) is 4.31. The normalized spacial score (nSPS) is 10.7. The summed E-state index contributed by atoms with van der Waals surface area (Å²) in [6.07, 6.45) is 0. The van der Waals surface area contributed by atoms with Gasteiger partial charge < -0.3 is 15.1 Å². The van der Waals surface area contributed by atoms with Gasteiger partial charge in [0.15, 0.2) is 4.67 Å². The second kappa shape index (κ2) is 5.92. The molecule has 5 heteroatoms. The van der Waals surface area contributed by atoms with Gasteiger partial charge in [-0.1, -0.05) is 0 Å². The first-order valence-electron chi connectivity index (χ1n) is 4.82. The van der Waals surface area contributed by atoms with Crippen LogP contribution in [0.25, 0.3) is 0 Å². The fourth-order valence-electron chi connectivity index (χ4n) is 1.12. The van der Waals surface area contributed by atoms with Crippen molar-refractivity contribution in [3.63, 3.8) is 0 Å². The molecule has 0 aliphatic heterocycles. The van der Waals surface area contributed by atoms with Crippen molar-refractivity contribution in [3.05, 3.63) is 22.6 Å². The van der Waals surface area contributed by atoms with Crippen LogP contribution in [-0.4, -0.2) is 18.5 Å². The van der Waals surface area contributed by atoms with Gasteiger partial charge in [0.25, 0.3) is 0 Å². The number of hydrogen-bond acceptors (Lipinski definition) is 3. The molecular weight excluding hydrogens is 260 g/mol. The molecule has 0 bridgehead atoms. The van der Waals surface area contributed by atoms with Gasteiger partial charge in [0.2, 0.25) is 5.91 Å². The van der Waals surface area contributed by atoms with E-state index in [1.165, 1.54) is 0 Å². The predicted molar refractivity (Wildman–Crippen MR) is 61.4 cm³/mol. The van der Waals surface area contributed by atoms with Gasteiger partial charge >= 0.3 is 0 Å². The van der Waals surface area contributed by atoms with E-state index >= 15 is 0 Å². The highest BCUT2D eigenvalue weighted by Crippen LogP contribution is 2.13. The van der Waals surface area contributed by atoms with E-state index in [0.29, 0.717) is 17.8 Å². The van der Waals surface area contributed by atoms with Gasteiger partial charge in [-0.15, -0.1) is 0 Å². The first-order chi connectivity index (χ1) is 7.08. The standard InChI is InChI=1S/C10H15BrN2O2/c1-7(2)13-10(14)6-12-5-8-3-4-9(11)15-8/h3-4,7,12H,5-6H2,1-2H3,(H,13,14). The monoisotopic (exact) mass is 274 g/mol. The highest BCUT2D eigenvalue weighted by Gasteiger charge is 2.03. The van der Waals surface area contributed by atoms with Crippen LogP contribution < -0.4 is 10.6 Å². The summed E-state index contributed by atoms with van der Waals surface area (Å²) < 4.78 is 5.97. The molecule has 1 aromatic heterocycles. The molecule has 1 heterocycles. The molecule has 0 unspecified atom stereocenters. The van der Waals surface area contributed by atoms with E-state index in [0.717, 1.165) is 5.76 Å². The topological polar surface area (TPSA) is 54.3 Å². The predicted octanol–water partition coefficient (Wildman–Crippen LogP) is 1.66. The lowest BCUT2D eigenvalue weighted by molar-refractivity contribution is -0.120. The smallest absolute Gasteiger partial charge is 0.234 e. The molecule has 0 atom stereocenters. The van der Waals surface area contributed by atoms with Crippen molar-refractivity contribution in [2.75, 3.05) is 6.54 Å². The Balaban J connectivity index is 2.19. The number of halogens is 1. The van der Waals surface area contributed by atoms with Crippen molar-refractivity contribution in [2.24, 2.45) is 0 Å². The molecular formula is C10H15BrN2O2. The highest BCUT2D eigenvalue weighted by molar-refractivity contribution is 9.10. The summed E-state index contributed by atoms with van der Waals surface area (Å²) >= 11 is 3.21. The lowest BCUT2D eigenvalue weighted by Gasteiger charge is -2.08. The number of furan rings is 1. The second-order valence-electron chi connectivity index (χ2n) is 3.53. The maximum Gasteiger partial charge on any atom is 0.234 e. The molecule has 0 aliphatic carbocycles. The largest absolute Gasteiger partial charge is 0.453 e. The minimum atomic E-state index is -0.00405. The molecule has 1 rings (SSSR count). The zero-order valence-electron chi connectivity index (χ0n) is 8.84. The van der Waals surface area contributed by atoms with Gasteiger partial charge in [0, 0.05) is 6.04 Å². The highest BCUT2D eigenvalue weighted by atomic mass is 79.9. The first kappa shape index (κ1) is 12.3. The Morgan fingerprint density at radius 1 is 1.53 bits per heavy atom. The van der Waals surface area contributed by atoms with Crippen molar-refractivity contribution >= 4 is 21.8 Å². The van der Waals surface area contributed by atoms with Crippen molar-refractivity contribution in [1.82, 2.24) is 10.6 Å². The number of hydrogen-bond donors (Lipinski definition) is 2. The first-order valence-corrected chi connectivity index (χ1v) is 5.61. The molecule has 1 amide bonds. The summed E-state index contributed by atoms with van der Waals surface area (Å²) in [7, 11) is 0. The third-order valence-corrected chi connectivity index (χ3v) is 2.09. The maximum absolute atomic E-state index is 11.2. The number of nitrogens with one attached hydrogen (secondary N) is 2. The van der Waals surface area contributed by atoms with Gasteiger partial charge in [-0.3, -0.25) is 4.79 Å². The van der Waals surface area contributed by atoms with Gasteiger partial charge in [-0.2, -0.15) is 0 Å². The van der Waals surface area contributed by atoms with E-state index in [9.17, 15) is 4.79 Å². The average Bonchev–Trinajstić information content (AvgIpc) is 2.50. The summed E-state index contributed by atoms with van der Waals surface area (Å²) in [4.78, 5) is 11.2. The van der Waals surface area contributed by atoms with Gasteiger partial charge in [0.1, 0.15) is 5.76 Å². The summed E-state index contributed by atoms with van der Waals surface area (Å²) in [5.74, 6) is 0.801. The van der Waals surface area contributed by atoms with Crippen molar-refractivity contribution in [1.29, 1.82) is 0 Å². The quantitative estimate of drug-likeness (QED) is 0.859. The number of amides is 1. The van der Waals surface area contributed by atoms with Gasteiger partial charge in [0.05, 0.1) is 13.1 Å². The van der Waals surface area contributed by atoms with Gasteiger partial charge in [-0.25, -0.2) is 0 Å². The molecule has 0 fully saturated rings. The fraction of sp³-hybridized carbons (Fsp3) is 0.500. The number of carbonyl (C=O) groups is 1. The van der Waals surface area contributed by atoms with Crippen molar-refractivity contribution in [2.45, 2.75) is 26.4 Å². The molecule has 1 aromatic rings. The lowest BCUT2D eigenvalue weighted by Crippen LogP contribution is -2.37. The molecule has 0 radical (unpaired) electrons. The Morgan fingerprint density at radius 2 is 2.27 bits per heavy atom. The minimum Gasteiger partial charge on any atom is -0.453 e. The zero-order valence-corrected chi connectivity index (χ0v) is 10.4. The van der Waals surface area contributed by atoms with E-state index < -0.39 is 0 Å². The Labute approximate surface area is 97.5 Å². The molecule has 0 aliphatic rings. The van der Waals surface area contributed by atoms with Crippen LogP contribution in [0.15, 0.2) is 21.2 Å². The number of rotatable bonds is 5. The van der Waals surface area contributed by atoms with Crippen molar-refractivity contribution in [3.8, 4) is 0 Å². The number of carbonyl (C=O) groups excluding carboxylic acids is 1. The van der Waals surface area contributed by atoms with Crippen LogP contribution >= 0.6 is 15.9 Å². The van der Waals surface area contributed by atoms with E-state index in [1.807, 2.05) is 26.0 Å². The minimum absolute atomic E-state index is 0.00405. The van der Waals surface area contributed by atoms with Gasteiger partial charge in [-0.05, 0) is 41.9 Å². The lowest BCUT2D eigenvalue weighted by atomic mass is 10.4. The Kier molecular flexibility index (Phi) is 4.84. The van der Waals surface area contributed by atoms with E-state index in [1.54, 1.807) is 0 Å². The van der Waals surface area contributed by atoms with E-state index in [4.69, 9.17) is 4.42 Å². The van der Waals surface area contributed by atoms with Crippen LogP contribution in [-0.2, 0) is 11.3 Å². The average molecular weight is 275 g/mol. The fourth-order valence-corrected chi connectivity index (χ4v) is 1.46.